The van der Waals surface area contributed by atoms with Crippen LogP contribution < -0.4 is 0 Å². The Bertz CT molecular complexity index is 711. The average molecular weight is 231 g/mol. The Morgan fingerprint density at radius 1 is 0.833 bits per heavy atom. The first-order valence-corrected chi connectivity index (χ1v) is 6.01. The molecule has 2 aromatic carbocycles. The van der Waals surface area contributed by atoms with Crippen molar-refractivity contribution in [3.63, 3.8) is 0 Å². The number of hydrogen-bond acceptors (Lipinski definition) is 0. The molecule has 0 bridgehead atoms. The van der Waals surface area contributed by atoms with Gasteiger partial charge in [-0.2, -0.15) is 0 Å². The summed E-state index contributed by atoms with van der Waals surface area (Å²) in [5.41, 5.74) is 2.30. The summed E-state index contributed by atoms with van der Waals surface area (Å²) < 4.78 is 2.17. The maximum absolute atomic E-state index is 3.21. The number of aromatic nitrogens is 1. The maximum Gasteiger partial charge on any atom is 0.0841 e. The van der Waals surface area contributed by atoms with E-state index in [1.165, 1.54) is 10.9 Å². The van der Waals surface area contributed by atoms with E-state index in [0.29, 0.717) is 0 Å². The predicted octanol–water partition coefficient (Wildman–Crippen LogP) is 3.69. The fraction of sp³-hybridized carbons (Fsp3) is 0.0588. The highest BCUT2D eigenvalue weighted by atomic mass is 14.9. The Labute approximate surface area is 107 Å². The summed E-state index contributed by atoms with van der Waals surface area (Å²) in [4.78, 5) is 0. The van der Waals surface area contributed by atoms with Crippen molar-refractivity contribution in [1.29, 1.82) is 0 Å². The summed E-state index contributed by atoms with van der Waals surface area (Å²) in [6, 6.07) is 20.6. The molecular formula is C17H13N. The van der Waals surface area contributed by atoms with Gasteiger partial charge in [0.05, 0.1) is 6.54 Å². The molecule has 18 heavy (non-hydrogen) atoms. The lowest BCUT2D eigenvalue weighted by molar-refractivity contribution is 0.886. The first-order valence-electron chi connectivity index (χ1n) is 6.01. The van der Waals surface area contributed by atoms with Crippen LogP contribution in [0.1, 0.15) is 5.56 Å². The minimum absolute atomic E-state index is 0.725. The van der Waals surface area contributed by atoms with Crippen LogP contribution in [0.15, 0.2) is 66.9 Å². The standard InChI is InChI=1S/C17H13N/c1-2-7-15(8-3-1)9-6-13-18-14-12-16-10-4-5-11-17(16)18/h1-5,7-8,10-12,14H,13H2. The van der Waals surface area contributed by atoms with Crippen molar-refractivity contribution in [2.75, 3.05) is 0 Å². The van der Waals surface area contributed by atoms with Crippen LogP contribution in [0.2, 0.25) is 0 Å². The molecule has 1 heterocycles. The van der Waals surface area contributed by atoms with Gasteiger partial charge in [0, 0.05) is 17.3 Å². The van der Waals surface area contributed by atoms with Gasteiger partial charge in [-0.3, -0.25) is 0 Å². The number of para-hydroxylation sites is 1. The van der Waals surface area contributed by atoms with E-state index >= 15 is 0 Å². The van der Waals surface area contributed by atoms with Crippen LogP contribution in [0, 0.1) is 11.8 Å². The molecule has 0 aliphatic carbocycles. The molecule has 0 spiro atoms. The molecule has 0 amide bonds. The van der Waals surface area contributed by atoms with Crippen molar-refractivity contribution in [3.8, 4) is 11.8 Å². The van der Waals surface area contributed by atoms with Gasteiger partial charge in [-0.25, -0.2) is 0 Å². The van der Waals surface area contributed by atoms with Gasteiger partial charge in [-0.15, -0.1) is 0 Å². The highest BCUT2D eigenvalue weighted by Crippen LogP contribution is 2.14. The lowest BCUT2D eigenvalue weighted by Crippen LogP contribution is -1.92. The lowest BCUT2D eigenvalue weighted by atomic mass is 10.2. The van der Waals surface area contributed by atoms with E-state index in [9.17, 15) is 0 Å². The van der Waals surface area contributed by atoms with E-state index in [2.05, 4.69) is 52.9 Å². The van der Waals surface area contributed by atoms with E-state index in [1.54, 1.807) is 0 Å². The molecule has 3 rings (SSSR count). The third-order valence-electron chi connectivity index (χ3n) is 2.94. The molecule has 0 aliphatic rings. The van der Waals surface area contributed by atoms with Crippen molar-refractivity contribution in [2.45, 2.75) is 6.54 Å². The largest absolute Gasteiger partial charge is 0.336 e. The topological polar surface area (TPSA) is 4.93 Å². The smallest absolute Gasteiger partial charge is 0.0841 e. The Hall–Kier alpha value is -2.46. The second-order valence-electron chi connectivity index (χ2n) is 4.17. The molecule has 0 aliphatic heterocycles. The third kappa shape index (κ3) is 2.14. The predicted molar refractivity (Wildman–Crippen MR) is 75.3 cm³/mol. The zero-order valence-electron chi connectivity index (χ0n) is 10.0. The van der Waals surface area contributed by atoms with Gasteiger partial charge in [0.1, 0.15) is 0 Å². The molecule has 86 valence electrons. The Morgan fingerprint density at radius 3 is 2.50 bits per heavy atom. The van der Waals surface area contributed by atoms with Crippen LogP contribution in [0.4, 0.5) is 0 Å². The van der Waals surface area contributed by atoms with Crippen LogP contribution in [0.3, 0.4) is 0 Å². The average Bonchev–Trinajstić information content (AvgIpc) is 2.84. The molecule has 1 aromatic heterocycles. The zero-order valence-corrected chi connectivity index (χ0v) is 10.0. The van der Waals surface area contributed by atoms with E-state index in [1.807, 2.05) is 30.3 Å². The summed E-state index contributed by atoms with van der Waals surface area (Å²) in [6.07, 6.45) is 2.09. The number of nitrogens with zero attached hydrogens (tertiary/aromatic N) is 1. The summed E-state index contributed by atoms with van der Waals surface area (Å²) in [5, 5.41) is 1.26. The normalized spacial score (nSPS) is 10.0. The van der Waals surface area contributed by atoms with Crippen LogP contribution >= 0.6 is 0 Å². The highest BCUT2D eigenvalue weighted by molar-refractivity contribution is 5.79. The number of rotatable bonds is 1. The maximum atomic E-state index is 3.21. The molecule has 0 atom stereocenters. The molecule has 0 radical (unpaired) electrons. The van der Waals surface area contributed by atoms with Crippen molar-refractivity contribution in [2.24, 2.45) is 0 Å². The highest BCUT2D eigenvalue weighted by Gasteiger charge is 1.96. The van der Waals surface area contributed by atoms with E-state index in [4.69, 9.17) is 0 Å². The fourth-order valence-electron chi connectivity index (χ4n) is 2.03. The second kappa shape index (κ2) is 4.81. The minimum atomic E-state index is 0.725. The van der Waals surface area contributed by atoms with Gasteiger partial charge in [0.15, 0.2) is 0 Å². The minimum Gasteiger partial charge on any atom is -0.336 e. The monoisotopic (exact) mass is 231 g/mol. The Balaban J connectivity index is 1.84. The van der Waals surface area contributed by atoms with Gasteiger partial charge in [-0.05, 0) is 29.7 Å². The van der Waals surface area contributed by atoms with Crippen LogP contribution in [0.25, 0.3) is 10.9 Å². The Kier molecular flexibility index (Phi) is 2.85. The lowest BCUT2D eigenvalue weighted by Gasteiger charge is -1.98. The quantitative estimate of drug-likeness (QED) is 0.563. The van der Waals surface area contributed by atoms with Crippen molar-refractivity contribution in [3.05, 3.63) is 72.4 Å². The third-order valence-corrected chi connectivity index (χ3v) is 2.94. The van der Waals surface area contributed by atoms with Crippen LogP contribution in [0.5, 0.6) is 0 Å². The first-order chi connectivity index (χ1) is 8.93. The molecule has 0 N–H and O–H groups in total. The molecule has 0 unspecified atom stereocenters. The van der Waals surface area contributed by atoms with Crippen molar-refractivity contribution >= 4 is 10.9 Å². The summed E-state index contributed by atoms with van der Waals surface area (Å²) in [6.45, 7) is 0.725. The fourth-order valence-corrected chi connectivity index (χ4v) is 2.03. The van der Waals surface area contributed by atoms with E-state index < -0.39 is 0 Å². The molecule has 1 nitrogen and oxygen atoms in total. The molecule has 0 saturated carbocycles. The van der Waals surface area contributed by atoms with Gasteiger partial charge >= 0.3 is 0 Å². The summed E-state index contributed by atoms with van der Waals surface area (Å²) in [5.74, 6) is 6.39. The van der Waals surface area contributed by atoms with Crippen LogP contribution in [-0.2, 0) is 6.54 Å². The number of benzene rings is 2. The number of hydrogen-bond donors (Lipinski definition) is 0. The summed E-state index contributed by atoms with van der Waals surface area (Å²) >= 11 is 0. The molecule has 1 heteroatoms. The second-order valence-corrected chi connectivity index (χ2v) is 4.17. The van der Waals surface area contributed by atoms with Crippen molar-refractivity contribution in [1.82, 2.24) is 4.57 Å². The van der Waals surface area contributed by atoms with Gasteiger partial charge in [0.2, 0.25) is 0 Å². The first kappa shape index (κ1) is 10.7. The molecular weight excluding hydrogens is 218 g/mol. The van der Waals surface area contributed by atoms with E-state index in [-0.39, 0.29) is 0 Å². The van der Waals surface area contributed by atoms with Gasteiger partial charge in [0.25, 0.3) is 0 Å². The molecule has 3 aromatic rings. The Morgan fingerprint density at radius 2 is 1.61 bits per heavy atom. The number of fused-ring (bicyclic) bond motifs is 1. The molecule has 0 saturated heterocycles. The van der Waals surface area contributed by atoms with E-state index in [0.717, 1.165) is 12.1 Å². The van der Waals surface area contributed by atoms with Gasteiger partial charge < -0.3 is 4.57 Å². The SMILES string of the molecule is C(#Cc1ccccc1)Cn1ccc2ccccc21. The zero-order chi connectivity index (χ0) is 12.2. The van der Waals surface area contributed by atoms with Crippen molar-refractivity contribution < 1.29 is 0 Å². The van der Waals surface area contributed by atoms with Gasteiger partial charge in [-0.1, -0.05) is 48.2 Å². The molecule has 0 fully saturated rings. The van der Waals surface area contributed by atoms with Crippen LogP contribution in [-0.4, -0.2) is 4.57 Å². The summed E-state index contributed by atoms with van der Waals surface area (Å²) in [7, 11) is 0.